The van der Waals surface area contributed by atoms with Crippen LogP contribution in [-0.4, -0.2) is 21.9 Å². The van der Waals surface area contributed by atoms with Crippen LogP contribution >= 0.6 is 43.6 Å². The molecular formula is C16H11Br2N3O2S. The quantitative estimate of drug-likeness (QED) is 0.534. The first kappa shape index (κ1) is 17.2. The van der Waals surface area contributed by atoms with Gasteiger partial charge in [0.25, 0.3) is 5.22 Å². The number of amides is 1. The van der Waals surface area contributed by atoms with Gasteiger partial charge < -0.3 is 9.73 Å². The lowest BCUT2D eigenvalue weighted by molar-refractivity contribution is -0.113. The first-order chi connectivity index (χ1) is 11.6. The molecule has 0 saturated carbocycles. The van der Waals surface area contributed by atoms with Gasteiger partial charge in [0, 0.05) is 14.5 Å². The van der Waals surface area contributed by atoms with E-state index in [4.69, 9.17) is 4.42 Å². The van der Waals surface area contributed by atoms with Crippen LogP contribution in [0.3, 0.4) is 0 Å². The van der Waals surface area contributed by atoms with Crippen molar-refractivity contribution >= 4 is 55.2 Å². The Morgan fingerprint density at radius 3 is 2.71 bits per heavy atom. The molecule has 0 aliphatic rings. The fourth-order valence-electron chi connectivity index (χ4n) is 1.87. The number of benzene rings is 2. The topological polar surface area (TPSA) is 68.0 Å². The summed E-state index contributed by atoms with van der Waals surface area (Å²) in [4.78, 5) is 12.1. The van der Waals surface area contributed by atoms with Crippen molar-refractivity contribution in [3.05, 3.63) is 57.5 Å². The van der Waals surface area contributed by atoms with Gasteiger partial charge in [-0.1, -0.05) is 45.9 Å². The maximum Gasteiger partial charge on any atom is 0.277 e. The van der Waals surface area contributed by atoms with Gasteiger partial charge in [0.2, 0.25) is 11.8 Å². The van der Waals surface area contributed by atoms with E-state index >= 15 is 0 Å². The second-order valence-electron chi connectivity index (χ2n) is 4.70. The molecule has 2 aromatic carbocycles. The fourth-order valence-corrected chi connectivity index (χ4v) is 3.14. The van der Waals surface area contributed by atoms with E-state index in [1.54, 1.807) is 0 Å². The highest BCUT2D eigenvalue weighted by Gasteiger charge is 2.12. The molecule has 5 nitrogen and oxygen atoms in total. The zero-order chi connectivity index (χ0) is 16.9. The largest absolute Gasteiger partial charge is 0.411 e. The van der Waals surface area contributed by atoms with Gasteiger partial charge in [0.1, 0.15) is 0 Å². The number of nitrogens with zero attached hydrogens (tertiary/aromatic N) is 2. The van der Waals surface area contributed by atoms with Crippen molar-refractivity contribution in [2.24, 2.45) is 0 Å². The molecular weight excluding hydrogens is 458 g/mol. The Kier molecular flexibility index (Phi) is 5.70. The normalized spacial score (nSPS) is 10.6. The van der Waals surface area contributed by atoms with Gasteiger partial charge in [-0.25, -0.2) is 0 Å². The van der Waals surface area contributed by atoms with Crippen LogP contribution in [0.5, 0.6) is 0 Å². The van der Waals surface area contributed by atoms with Crippen LogP contribution in [0.4, 0.5) is 5.69 Å². The number of hydrogen-bond acceptors (Lipinski definition) is 5. The van der Waals surface area contributed by atoms with Crippen molar-refractivity contribution in [3.8, 4) is 11.5 Å². The predicted octanol–water partition coefficient (Wildman–Crippen LogP) is 4.99. The Balaban J connectivity index is 1.59. The number of rotatable bonds is 5. The zero-order valence-corrected chi connectivity index (χ0v) is 16.2. The number of halogens is 2. The number of anilines is 1. The standard InChI is InChI=1S/C16H11Br2N3O2S/c17-11-6-7-12(18)13(8-11)19-14(22)9-24-16-21-20-15(23-16)10-4-2-1-3-5-10/h1-8H,9H2,(H,19,22). The van der Waals surface area contributed by atoms with E-state index in [0.29, 0.717) is 16.8 Å². The molecule has 0 saturated heterocycles. The molecule has 0 bridgehead atoms. The van der Waals surface area contributed by atoms with Gasteiger partial charge in [-0.15, -0.1) is 10.2 Å². The molecule has 0 unspecified atom stereocenters. The van der Waals surface area contributed by atoms with Gasteiger partial charge in [-0.3, -0.25) is 4.79 Å². The zero-order valence-electron chi connectivity index (χ0n) is 12.2. The van der Waals surface area contributed by atoms with Gasteiger partial charge in [-0.2, -0.15) is 0 Å². The number of hydrogen-bond donors (Lipinski definition) is 1. The van der Waals surface area contributed by atoms with Crippen molar-refractivity contribution in [1.82, 2.24) is 10.2 Å². The van der Waals surface area contributed by atoms with E-state index in [1.165, 1.54) is 11.8 Å². The van der Waals surface area contributed by atoms with Crippen LogP contribution in [-0.2, 0) is 4.79 Å². The van der Waals surface area contributed by atoms with Crippen LogP contribution in [0.1, 0.15) is 0 Å². The number of nitrogens with one attached hydrogen (secondary N) is 1. The van der Waals surface area contributed by atoms with Gasteiger partial charge >= 0.3 is 0 Å². The monoisotopic (exact) mass is 467 g/mol. The molecule has 122 valence electrons. The SMILES string of the molecule is O=C(CSc1nnc(-c2ccccc2)o1)Nc1cc(Br)ccc1Br. The second kappa shape index (κ2) is 7.96. The summed E-state index contributed by atoms with van der Waals surface area (Å²) in [6.07, 6.45) is 0. The molecule has 1 heterocycles. The van der Waals surface area contributed by atoms with Crippen LogP contribution in [0.15, 0.2) is 67.1 Å². The van der Waals surface area contributed by atoms with Crippen molar-refractivity contribution in [2.75, 3.05) is 11.1 Å². The third-order valence-corrected chi connectivity index (χ3v) is 4.96. The first-order valence-corrected chi connectivity index (χ1v) is 9.45. The van der Waals surface area contributed by atoms with Gasteiger partial charge in [0.05, 0.1) is 11.4 Å². The third kappa shape index (κ3) is 4.46. The molecule has 0 radical (unpaired) electrons. The minimum absolute atomic E-state index is 0.154. The van der Waals surface area contributed by atoms with Crippen LogP contribution in [0.25, 0.3) is 11.5 Å². The third-order valence-electron chi connectivity index (χ3n) is 2.96. The maximum absolute atomic E-state index is 12.1. The van der Waals surface area contributed by atoms with E-state index in [2.05, 4.69) is 47.4 Å². The second-order valence-corrected chi connectivity index (χ2v) is 7.40. The number of thioether (sulfide) groups is 1. The molecule has 1 aromatic heterocycles. The summed E-state index contributed by atoms with van der Waals surface area (Å²) in [6.45, 7) is 0. The molecule has 0 spiro atoms. The average molecular weight is 469 g/mol. The lowest BCUT2D eigenvalue weighted by atomic mass is 10.2. The van der Waals surface area contributed by atoms with E-state index in [-0.39, 0.29) is 11.7 Å². The smallest absolute Gasteiger partial charge is 0.277 e. The Bertz CT molecular complexity index is 856. The molecule has 3 aromatic rings. The van der Waals surface area contributed by atoms with E-state index in [1.807, 2.05) is 48.5 Å². The lowest BCUT2D eigenvalue weighted by Gasteiger charge is -2.06. The number of aromatic nitrogens is 2. The Hall–Kier alpha value is -1.64. The van der Waals surface area contributed by atoms with Crippen molar-refractivity contribution < 1.29 is 9.21 Å². The van der Waals surface area contributed by atoms with E-state index < -0.39 is 0 Å². The molecule has 1 amide bonds. The Labute approximate surface area is 159 Å². The van der Waals surface area contributed by atoms with Crippen LogP contribution < -0.4 is 5.32 Å². The Morgan fingerprint density at radius 1 is 1.12 bits per heavy atom. The minimum Gasteiger partial charge on any atom is -0.411 e. The highest BCUT2D eigenvalue weighted by atomic mass is 79.9. The van der Waals surface area contributed by atoms with Crippen molar-refractivity contribution in [2.45, 2.75) is 5.22 Å². The average Bonchev–Trinajstić information content (AvgIpc) is 3.06. The van der Waals surface area contributed by atoms with Gasteiger partial charge in [-0.05, 0) is 46.3 Å². The molecule has 0 fully saturated rings. The molecule has 8 heteroatoms. The number of carbonyl (C=O) groups excluding carboxylic acids is 1. The molecule has 1 N–H and O–H groups in total. The van der Waals surface area contributed by atoms with E-state index in [9.17, 15) is 4.79 Å². The highest BCUT2D eigenvalue weighted by Crippen LogP contribution is 2.27. The molecule has 0 aliphatic heterocycles. The summed E-state index contributed by atoms with van der Waals surface area (Å²) in [5, 5.41) is 11.1. The summed E-state index contributed by atoms with van der Waals surface area (Å²) >= 11 is 7.97. The molecule has 0 aliphatic carbocycles. The van der Waals surface area contributed by atoms with Crippen LogP contribution in [0, 0.1) is 0 Å². The fraction of sp³-hybridized carbons (Fsp3) is 0.0625. The lowest BCUT2D eigenvalue weighted by Crippen LogP contribution is -2.14. The summed E-state index contributed by atoms with van der Waals surface area (Å²) in [5.41, 5.74) is 1.55. The summed E-state index contributed by atoms with van der Waals surface area (Å²) < 4.78 is 7.26. The van der Waals surface area contributed by atoms with E-state index in [0.717, 1.165) is 14.5 Å². The molecule has 3 rings (SSSR count). The van der Waals surface area contributed by atoms with Crippen molar-refractivity contribution in [3.63, 3.8) is 0 Å². The summed E-state index contributed by atoms with van der Waals surface area (Å²) in [6, 6.07) is 15.1. The highest BCUT2D eigenvalue weighted by molar-refractivity contribution is 9.11. The number of carbonyl (C=O) groups is 1. The Morgan fingerprint density at radius 2 is 1.92 bits per heavy atom. The van der Waals surface area contributed by atoms with Gasteiger partial charge in [0.15, 0.2) is 0 Å². The molecule has 24 heavy (non-hydrogen) atoms. The first-order valence-electron chi connectivity index (χ1n) is 6.88. The minimum atomic E-state index is -0.154. The van der Waals surface area contributed by atoms with Crippen molar-refractivity contribution in [1.29, 1.82) is 0 Å². The maximum atomic E-state index is 12.1. The predicted molar refractivity (Wildman–Crippen MR) is 101 cm³/mol. The summed E-state index contributed by atoms with van der Waals surface area (Å²) in [5.74, 6) is 0.460. The van der Waals surface area contributed by atoms with Crippen LogP contribution in [0.2, 0.25) is 0 Å². The molecule has 0 atom stereocenters. The summed E-state index contributed by atoms with van der Waals surface area (Å²) in [7, 11) is 0.